The van der Waals surface area contributed by atoms with Gasteiger partial charge in [-0.1, -0.05) is 121 Å². The number of hydrogen-bond acceptors (Lipinski definition) is 3. The molecule has 2 aromatic heterocycles. The van der Waals surface area contributed by atoms with E-state index in [-0.39, 0.29) is 0 Å². The second-order valence-corrected chi connectivity index (χ2v) is 11.6. The lowest BCUT2D eigenvalue weighted by Crippen LogP contribution is -2.01. The van der Waals surface area contributed by atoms with Crippen LogP contribution in [0, 0.1) is 0 Å². The largest absolute Gasteiger partial charge is 0.404 e. The molecule has 5 aromatic carbocycles. The van der Waals surface area contributed by atoms with Crippen molar-refractivity contribution in [3.8, 4) is 33.5 Å². The number of rotatable bonds is 5. The van der Waals surface area contributed by atoms with Crippen molar-refractivity contribution in [1.29, 1.82) is 0 Å². The number of aromatic nitrogens is 2. The maximum atomic E-state index is 6.46. The van der Waals surface area contributed by atoms with Gasteiger partial charge in [0.2, 0.25) is 0 Å². The normalized spacial score (nSPS) is 13.7. The summed E-state index contributed by atoms with van der Waals surface area (Å²) in [6.45, 7) is 0. The molecule has 0 fully saturated rings. The van der Waals surface area contributed by atoms with Crippen LogP contribution in [0.1, 0.15) is 16.8 Å². The third kappa shape index (κ3) is 5.08. The first-order chi connectivity index (χ1) is 22.7. The second-order valence-electron chi connectivity index (χ2n) is 11.6. The molecule has 0 radical (unpaired) electrons. The van der Waals surface area contributed by atoms with Gasteiger partial charge < -0.3 is 5.73 Å². The van der Waals surface area contributed by atoms with Gasteiger partial charge in [-0.25, -0.2) is 0 Å². The summed E-state index contributed by atoms with van der Waals surface area (Å²) in [5.41, 5.74) is 18.4. The van der Waals surface area contributed by atoms with Gasteiger partial charge in [-0.3, -0.25) is 9.97 Å². The molecule has 1 aliphatic carbocycles. The SMILES string of the molecule is N/C=C(\C=C1\C=Cc2cccnc2C1)c1cc(-c2cnc(-c3ccccc3)c3ccccc23)ccc1-c1ccc2ccccc2c1. The fourth-order valence-electron chi connectivity index (χ4n) is 6.52. The molecule has 46 heavy (non-hydrogen) atoms. The van der Waals surface area contributed by atoms with Gasteiger partial charge in [0.25, 0.3) is 0 Å². The van der Waals surface area contributed by atoms with Gasteiger partial charge in [-0.05, 0) is 79.4 Å². The predicted octanol–water partition coefficient (Wildman–Crippen LogP) is 10.3. The first kappa shape index (κ1) is 27.5. The zero-order valence-corrected chi connectivity index (χ0v) is 25.3. The molecule has 3 nitrogen and oxygen atoms in total. The van der Waals surface area contributed by atoms with Gasteiger partial charge in [0, 0.05) is 41.5 Å². The number of fused-ring (bicyclic) bond motifs is 3. The second kappa shape index (κ2) is 11.8. The Morgan fingerprint density at radius 3 is 2.24 bits per heavy atom. The van der Waals surface area contributed by atoms with E-state index in [1.165, 1.54) is 10.8 Å². The van der Waals surface area contributed by atoms with Crippen molar-refractivity contribution in [2.75, 3.05) is 0 Å². The third-order valence-corrected chi connectivity index (χ3v) is 8.84. The average molecular weight is 590 g/mol. The summed E-state index contributed by atoms with van der Waals surface area (Å²) >= 11 is 0. The molecule has 0 saturated carbocycles. The lowest BCUT2D eigenvalue weighted by molar-refractivity contribution is 1.06. The van der Waals surface area contributed by atoms with Crippen LogP contribution >= 0.6 is 0 Å². The Morgan fingerprint density at radius 2 is 1.37 bits per heavy atom. The van der Waals surface area contributed by atoms with Crippen molar-refractivity contribution in [1.82, 2.24) is 9.97 Å². The van der Waals surface area contributed by atoms with E-state index in [0.29, 0.717) is 0 Å². The Morgan fingerprint density at radius 1 is 0.609 bits per heavy atom. The van der Waals surface area contributed by atoms with E-state index in [4.69, 9.17) is 10.7 Å². The van der Waals surface area contributed by atoms with Gasteiger partial charge in [0.15, 0.2) is 0 Å². The lowest BCUT2D eigenvalue weighted by Gasteiger charge is -2.17. The Hall–Kier alpha value is -6.06. The minimum absolute atomic E-state index is 0.754. The van der Waals surface area contributed by atoms with Gasteiger partial charge in [0.1, 0.15) is 0 Å². The molecule has 3 heteroatoms. The quantitative estimate of drug-likeness (QED) is 0.217. The van der Waals surface area contributed by atoms with Crippen LogP contribution in [0.15, 0.2) is 164 Å². The molecule has 1 aliphatic rings. The number of allylic oxidation sites excluding steroid dienone is 4. The summed E-state index contributed by atoms with van der Waals surface area (Å²) in [7, 11) is 0. The van der Waals surface area contributed by atoms with Crippen LogP contribution in [-0.4, -0.2) is 9.97 Å². The number of nitrogens with two attached hydrogens (primary N) is 1. The smallest absolute Gasteiger partial charge is 0.0780 e. The lowest BCUT2D eigenvalue weighted by atomic mass is 9.88. The van der Waals surface area contributed by atoms with Crippen LogP contribution in [-0.2, 0) is 6.42 Å². The maximum absolute atomic E-state index is 6.46. The zero-order chi connectivity index (χ0) is 30.9. The summed E-state index contributed by atoms with van der Waals surface area (Å²) in [6, 6.07) is 44.9. The van der Waals surface area contributed by atoms with Crippen molar-refractivity contribution < 1.29 is 0 Å². The summed E-state index contributed by atoms with van der Waals surface area (Å²) in [5.74, 6) is 0. The third-order valence-electron chi connectivity index (χ3n) is 8.84. The first-order valence-electron chi connectivity index (χ1n) is 15.6. The first-order valence-corrected chi connectivity index (χ1v) is 15.6. The van der Waals surface area contributed by atoms with E-state index in [1.807, 2.05) is 24.5 Å². The van der Waals surface area contributed by atoms with Crippen LogP contribution in [0.5, 0.6) is 0 Å². The van der Waals surface area contributed by atoms with Crippen molar-refractivity contribution in [3.63, 3.8) is 0 Å². The highest BCUT2D eigenvalue weighted by Gasteiger charge is 2.16. The molecule has 0 aliphatic heterocycles. The molecule has 0 spiro atoms. The van der Waals surface area contributed by atoms with E-state index in [1.54, 1.807) is 6.20 Å². The minimum atomic E-state index is 0.754. The number of nitrogens with zero attached hydrogens (tertiary/aromatic N) is 2. The average Bonchev–Trinajstić information content (AvgIpc) is 3.13. The fraction of sp³-hybridized carbons (Fsp3) is 0.0233. The molecule has 7 aromatic rings. The van der Waals surface area contributed by atoms with Crippen LogP contribution in [0.25, 0.3) is 66.7 Å². The molecular weight excluding hydrogens is 558 g/mol. The van der Waals surface area contributed by atoms with Gasteiger partial charge in [-0.15, -0.1) is 0 Å². The Labute approximate surface area is 268 Å². The van der Waals surface area contributed by atoms with Gasteiger partial charge in [-0.2, -0.15) is 0 Å². The zero-order valence-electron chi connectivity index (χ0n) is 25.3. The standard InChI is InChI=1S/C43H31N3/c44-27-36(23-29-16-17-31-13-8-22-45-42(31)24-29)40-26-35(20-21-37(40)34-19-18-30-9-4-5-12-33(30)25-34)41-28-46-43(32-10-2-1-3-11-32)39-15-7-6-14-38(39)41/h1-23,25-28H,24,44H2/b29-23-,36-27+. The molecule has 218 valence electrons. The number of benzene rings is 5. The van der Waals surface area contributed by atoms with E-state index in [9.17, 15) is 0 Å². The highest BCUT2D eigenvalue weighted by atomic mass is 14.7. The Kier molecular flexibility index (Phi) is 7.05. The van der Waals surface area contributed by atoms with Crippen LogP contribution in [0.3, 0.4) is 0 Å². The van der Waals surface area contributed by atoms with Crippen molar-refractivity contribution in [2.45, 2.75) is 6.42 Å². The van der Waals surface area contributed by atoms with Gasteiger partial charge in [0.05, 0.1) is 11.4 Å². The monoisotopic (exact) mass is 589 g/mol. The molecule has 0 saturated heterocycles. The number of hydrogen-bond donors (Lipinski definition) is 1. The van der Waals surface area contributed by atoms with E-state index in [2.05, 4.69) is 138 Å². The molecular formula is C43H31N3. The van der Waals surface area contributed by atoms with E-state index >= 15 is 0 Å². The summed E-state index contributed by atoms with van der Waals surface area (Å²) < 4.78 is 0. The highest BCUT2D eigenvalue weighted by Crippen LogP contribution is 2.39. The summed E-state index contributed by atoms with van der Waals surface area (Å²) in [5, 5.41) is 4.71. The molecule has 0 unspecified atom stereocenters. The molecule has 2 heterocycles. The Balaban J connectivity index is 1.30. The predicted molar refractivity (Wildman–Crippen MR) is 193 cm³/mol. The van der Waals surface area contributed by atoms with Gasteiger partial charge >= 0.3 is 0 Å². The molecule has 8 rings (SSSR count). The van der Waals surface area contributed by atoms with E-state index in [0.717, 1.165) is 78.7 Å². The van der Waals surface area contributed by atoms with Crippen LogP contribution < -0.4 is 5.73 Å². The fourth-order valence-corrected chi connectivity index (χ4v) is 6.52. The number of pyridine rings is 2. The summed E-state index contributed by atoms with van der Waals surface area (Å²) in [4.78, 5) is 9.64. The van der Waals surface area contributed by atoms with Crippen molar-refractivity contribution >= 4 is 33.2 Å². The van der Waals surface area contributed by atoms with Crippen molar-refractivity contribution in [3.05, 3.63) is 181 Å². The van der Waals surface area contributed by atoms with Crippen molar-refractivity contribution in [2.24, 2.45) is 5.73 Å². The molecule has 2 N–H and O–H groups in total. The van der Waals surface area contributed by atoms with Crippen LogP contribution in [0.4, 0.5) is 0 Å². The van der Waals surface area contributed by atoms with Crippen LogP contribution in [0.2, 0.25) is 0 Å². The minimum Gasteiger partial charge on any atom is -0.404 e. The maximum Gasteiger partial charge on any atom is 0.0780 e. The molecule has 0 atom stereocenters. The van der Waals surface area contributed by atoms with E-state index < -0.39 is 0 Å². The molecule has 0 bridgehead atoms. The highest BCUT2D eigenvalue weighted by molar-refractivity contribution is 6.04. The molecule has 0 amide bonds. The summed E-state index contributed by atoms with van der Waals surface area (Å²) in [6.07, 6.45) is 12.9. The topological polar surface area (TPSA) is 51.8 Å². The Bertz CT molecular complexity index is 2350.